The lowest BCUT2D eigenvalue weighted by atomic mass is 9.87. The molecule has 2 heterocycles. The molecule has 1 aromatic heterocycles. The highest BCUT2D eigenvalue weighted by Gasteiger charge is 2.43. The van der Waals surface area contributed by atoms with Crippen LogP contribution in [0.1, 0.15) is 58.9 Å². The molecule has 2 aliphatic rings. The van der Waals surface area contributed by atoms with Gasteiger partial charge in [-0.05, 0) is 50.9 Å². The van der Waals surface area contributed by atoms with Crippen LogP contribution in [0.3, 0.4) is 0 Å². The third-order valence-corrected chi connectivity index (χ3v) is 5.50. The van der Waals surface area contributed by atoms with Gasteiger partial charge < -0.3 is 15.3 Å². The van der Waals surface area contributed by atoms with Gasteiger partial charge in [0.05, 0.1) is 30.1 Å². The molecule has 24 heavy (non-hydrogen) atoms. The minimum Gasteiger partial charge on any atom is -0.394 e. The van der Waals surface area contributed by atoms with E-state index in [9.17, 15) is 9.90 Å². The number of carbonyl (C=O) groups excluding carboxylic acids is 1. The van der Waals surface area contributed by atoms with Crippen molar-refractivity contribution >= 4 is 11.7 Å². The summed E-state index contributed by atoms with van der Waals surface area (Å²) in [5.74, 6) is 1.16. The molecule has 2 fully saturated rings. The topological polar surface area (TPSA) is 70.4 Å². The van der Waals surface area contributed by atoms with E-state index in [1.807, 2.05) is 15.8 Å². The average Bonchev–Trinajstić information content (AvgIpc) is 3.15. The van der Waals surface area contributed by atoms with E-state index >= 15 is 0 Å². The summed E-state index contributed by atoms with van der Waals surface area (Å²) in [7, 11) is 0. The predicted molar refractivity (Wildman–Crippen MR) is 93.9 cm³/mol. The summed E-state index contributed by atoms with van der Waals surface area (Å²) in [6.07, 6.45) is 8.81. The van der Waals surface area contributed by atoms with Crippen LogP contribution in [0.4, 0.5) is 10.5 Å². The highest BCUT2D eigenvalue weighted by atomic mass is 16.3. The van der Waals surface area contributed by atoms with Gasteiger partial charge in [0.25, 0.3) is 0 Å². The molecule has 1 saturated heterocycles. The molecule has 3 rings (SSSR count). The number of aromatic nitrogens is 2. The third kappa shape index (κ3) is 3.43. The SMILES string of the molecule is CC(C)CC1(CO)CCCN1C(=O)Nc1cnn(C(C)C2CC2)c1. The Bertz CT molecular complexity index is 581. The van der Waals surface area contributed by atoms with Crippen LogP contribution < -0.4 is 5.32 Å². The Morgan fingerprint density at radius 3 is 2.83 bits per heavy atom. The van der Waals surface area contributed by atoms with Crippen molar-refractivity contribution in [2.24, 2.45) is 11.8 Å². The van der Waals surface area contributed by atoms with Crippen LogP contribution in [0.2, 0.25) is 0 Å². The first-order valence-corrected chi connectivity index (χ1v) is 9.19. The summed E-state index contributed by atoms with van der Waals surface area (Å²) in [4.78, 5) is 14.6. The van der Waals surface area contributed by atoms with Crippen molar-refractivity contribution in [3.63, 3.8) is 0 Å². The molecule has 0 spiro atoms. The molecule has 0 aromatic carbocycles. The fourth-order valence-corrected chi connectivity index (χ4v) is 4.07. The number of aliphatic hydroxyl groups is 1. The summed E-state index contributed by atoms with van der Waals surface area (Å²) >= 11 is 0. The fourth-order valence-electron chi connectivity index (χ4n) is 4.07. The summed E-state index contributed by atoms with van der Waals surface area (Å²) in [6.45, 7) is 7.17. The molecule has 2 unspecified atom stereocenters. The normalized spacial score (nSPS) is 25.3. The Morgan fingerprint density at radius 2 is 2.21 bits per heavy atom. The van der Waals surface area contributed by atoms with E-state index < -0.39 is 5.54 Å². The van der Waals surface area contributed by atoms with Crippen LogP contribution in [-0.2, 0) is 0 Å². The average molecular weight is 334 g/mol. The second-order valence-electron chi connectivity index (χ2n) is 7.95. The minimum absolute atomic E-state index is 0.0244. The van der Waals surface area contributed by atoms with Gasteiger partial charge in [0.1, 0.15) is 0 Å². The second kappa shape index (κ2) is 6.75. The first-order valence-electron chi connectivity index (χ1n) is 9.19. The van der Waals surface area contributed by atoms with E-state index in [2.05, 4.69) is 31.2 Å². The zero-order chi connectivity index (χ0) is 17.3. The van der Waals surface area contributed by atoms with Crippen LogP contribution in [0.5, 0.6) is 0 Å². The van der Waals surface area contributed by atoms with E-state index in [1.54, 1.807) is 6.20 Å². The van der Waals surface area contributed by atoms with Gasteiger partial charge in [-0.2, -0.15) is 5.10 Å². The van der Waals surface area contributed by atoms with E-state index in [1.165, 1.54) is 12.8 Å². The van der Waals surface area contributed by atoms with Crippen LogP contribution in [0.25, 0.3) is 0 Å². The molecule has 2 amide bonds. The number of amides is 2. The van der Waals surface area contributed by atoms with Gasteiger partial charge in [0.15, 0.2) is 0 Å². The van der Waals surface area contributed by atoms with Gasteiger partial charge in [-0.1, -0.05) is 13.8 Å². The maximum Gasteiger partial charge on any atom is 0.322 e. The van der Waals surface area contributed by atoms with Gasteiger partial charge in [-0.15, -0.1) is 0 Å². The minimum atomic E-state index is -0.421. The summed E-state index contributed by atoms with van der Waals surface area (Å²) in [6, 6.07) is 0.265. The molecule has 6 nitrogen and oxygen atoms in total. The molecule has 6 heteroatoms. The molecule has 2 atom stereocenters. The predicted octanol–water partition coefficient (Wildman–Crippen LogP) is 3.26. The Hall–Kier alpha value is -1.56. The summed E-state index contributed by atoms with van der Waals surface area (Å²) in [5.41, 5.74) is 0.311. The van der Waals surface area contributed by atoms with Crippen LogP contribution in [0.15, 0.2) is 12.4 Å². The number of urea groups is 1. The number of carbonyl (C=O) groups is 1. The number of hydrogen-bond acceptors (Lipinski definition) is 3. The largest absolute Gasteiger partial charge is 0.394 e. The van der Waals surface area contributed by atoms with Gasteiger partial charge in [0.2, 0.25) is 0 Å². The zero-order valence-corrected chi connectivity index (χ0v) is 15.0. The second-order valence-corrected chi connectivity index (χ2v) is 7.95. The number of likely N-dealkylation sites (tertiary alicyclic amines) is 1. The number of nitrogens with one attached hydrogen (secondary N) is 1. The molecule has 1 aliphatic heterocycles. The van der Waals surface area contributed by atoms with Crippen molar-refractivity contribution in [1.82, 2.24) is 14.7 Å². The summed E-state index contributed by atoms with van der Waals surface area (Å²) < 4.78 is 1.95. The standard InChI is InChI=1S/C18H30N4O2/c1-13(2)9-18(12-23)7-4-8-21(18)17(24)20-16-10-19-22(11-16)14(3)15-5-6-15/h10-11,13-15,23H,4-9,12H2,1-3H3,(H,20,24). The zero-order valence-electron chi connectivity index (χ0n) is 15.0. The molecular weight excluding hydrogens is 304 g/mol. The first-order chi connectivity index (χ1) is 11.4. The van der Waals surface area contributed by atoms with Crippen molar-refractivity contribution in [1.29, 1.82) is 0 Å². The maximum atomic E-state index is 12.8. The molecule has 2 N–H and O–H groups in total. The Labute approximate surface area is 144 Å². The van der Waals surface area contributed by atoms with Gasteiger partial charge in [-0.25, -0.2) is 4.79 Å². The Morgan fingerprint density at radius 1 is 1.46 bits per heavy atom. The first kappa shape index (κ1) is 17.3. The Balaban J connectivity index is 1.67. The quantitative estimate of drug-likeness (QED) is 0.839. The van der Waals surface area contributed by atoms with Crippen molar-refractivity contribution in [2.45, 2.75) is 64.5 Å². The molecule has 1 aromatic rings. The van der Waals surface area contributed by atoms with E-state index in [0.29, 0.717) is 18.5 Å². The van der Waals surface area contributed by atoms with Crippen LogP contribution in [0, 0.1) is 11.8 Å². The third-order valence-electron chi connectivity index (χ3n) is 5.50. The lowest BCUT2D eigenvalue weighted by molar-refractivity contribution is 0.0728. The van der Waals surface area contributed by atoms with Crippen molar-refractivity contribution in [2.75, 3.05) is 18.5 Å². The van der Waals surface area contributed by atoms with Crippen LogP contribution >= 0.6 is 0 Å². The lowest BCUT2D eigenvalue weighted by Crippen LogP contribution is -2.52. The van der Waals surface area contributed by atoms with Crippen molar-refractivity contribution in [3.05, 3.63) is 12.4 Å². The monoisotopic (exact) mass is 334 g/mol. The van der Waals surface area contributed by atoms with E-state index in [0.717, 1.165) is 30.9 Å². The number of hydrogen-bond donors (Lipinski definition) is 2. The summed E-state index contributed by atoms with van der Waals surface area (Å²) in [5, 5.41) is 17.3. The lowest BCUT2D eigenvalue weighted by Gasteiger charge is -2.38. The van der Waals surface area contributed by atoms with Crippen LogP contribution in [-0.4, -0.2) is 44.5 Å². The highest BCUT2D eigenvalue weighted by molar-refractivity contribution is 5.89. The number of rotatable bonds is 6. The number of nitrogens with zero attached hydrogens (tertiary/aromatic N) is 3. The van der Waals surface area contributed by atoms with E-state index in [4.69, 9.17) is 0 Å². The number of aliphatic hydroxyl groups excluding tert-OH is 1. The van der Waals surface area contributed by atoms with E-state index in [-0.39, 0.29) is 12.6 Å². The highest BCUT2D eigenvalue weighted by Crippen LogP contribution is 2.39. The van der Waals surface area contributed by atoms with Crippen molar-refractivity contribution in [3.8, 4) is 0 Å². The molecule has 134 valence electrons. The number of anilines is 1. The molecule has 1 saturated carbocycles. The van der Waals surface area contributed by atoms with Gasteiger partial charge in [-0.3, -0.25) is 4.68 Å². The maximum absolute atomic E-state index is 12.8. The molecular formula is C18H30N4O2. The molecule has 0 radical (unpaired) electrons. The molecule has 0 bridgehead atoms. The van der Waals surface area contributed by atoms with Gasteiger partial charge in [0, 0.05) is 12.7 Å². The van der Waals surface area contributed by atoms with Crippen molar-refractivity contribution < 1.29 is 9.90 Å². The molecule has 1 aliphatic carbocycles. The fraction of sp³-hybridized carbons (Fsp3) is 0.778. The van der Waals surface area contributed by atoms with Gasteiger partial charge >= 0.3 is 6.03 Å². The Kier molecular flexibility index (Phi) is 4.85. The smallest absolute Gasteiger partial charge is 0.322 e.